The van der Waals surface area contributed by atoms with Gasteiger partial charge in [0.15, 0.2) is 0 Å². The maximum Gasteiger partial charge on any atom is 0.306 e. The number of rotatable bonds is 6. The lowest BCUT2D eigenvalue weighted by Crippen LogP contribution is -2.30. The van der Waals surface area contributed by atoms with Crippen molar-refractivity contribution < 1.29 is 15.0 Å². The fourth-order valence-corrected chi connectivity index (χ4v) is 1.59. The molecular formula is C12H17NO3. The van der Waals surface area contributed by atoms with E-state index in [1.54, 1.807) is 0 Å². The number of carbonyl (C=O) groups is 1. The summed E-state index contributed by atoms with van der Waals surface area (Å²) in [6.45, 7) is 1.07. The van der Waals surface area contributed by atoms with Crippen LogP contribution in [0.5, 0.6) is 0 Å². The lowest BCUT2D eigenvalue weighted by molar-refractivity contribution is -0.139. The predicted molar refractivity (Wildman–Crippen MR) is 61.0 cm³/mol. The highest BCUT2D eigenvalue weighted by Crippen LogP contribution is 2.04. The largest absolute Gasteiger partial charge is 0.481 e. The zero-order chi connectivity index (χ0) is 12.0. The van der Waals surface area contributed by atoms with Crippen LogP contribution in [0.4, 0.5) is 0 Å². The first-order chi connectivity index (χ1) is 7.58. The Bertz CT molecular complexity index is 326. The topological polar surface area (TPSA) is 60.8 Å². The molecule has 88 valence electrons. The molecule has 0 aliphatic heterocycles. The number of aliphatic carboxylic acids is 1. The molecule has 0 fully saturated rings. The molecule has 0 aliphatic carbocycles. The van der Waals surface area contributed by atoms with Gasteiger partial charge in [0.05, 0.1) is 12.5 Å². The molecule has 1 rings (SSSR count). The minimum atomic E-state index is -0.972. The molecule has 16 heavy (non-hydrogen) atoms. The molecule has 0 aromatic heterocycles. The van der Waals surface area contributed by atoms with Crippen molar-refractivity contribution in [3.63, 3.8) is 0 Å². The molecule has 0 amide bonds. The molecule has 0 radical (unpaired) electrons. The number of aliphatic hydroxyl groups excluding tert-OH is 1. The Morgan fingerprint density at radius 1 is 1.38 bits per heavy atom. The van der Waals surface area contributed by atoms with Crippen LogP contribution in [0.1, 0.15) is 12.0 Å². The van der Waals surface area contributed by atoms with Crippen molar-refractivity contribution in [2.75, 3.05) is 13.6 Å². The molecular weight excluding hydrogens is 206 g/mol. The molecule has 0 unspecified atom stereocenters. The number of hydrogen-bond donors (Lipinski definition) is 2. The third-order valence-corrected chi connectivity index (χ3v) is 2.23. The van der Waals surface area contributed by atoms with Gasteiger partial charge in [0.25, 0.3) is 0 Å². The Kier molecular flexibility index (Phi) is 4.95. The zero-order valence-corrected chi connectivity index (χ0v) is 9.34. The first-order valence-corrected chi connectivity index (χ1v) is 5.20. The highest BCUT2D eigenvalue weighted by Gasteiger charge is 2.12. The summed E-state index contributed by atoms with van der Waals surface area (Å²) in [6.07, 6.45) is -1.02. The van der Waals surface area contributed by atoms with E-state index >= 15 is 0 Å². The predicted octanol–water partition coefficient (Wildman–Crippen LogP) is 0.954. The molecule has 2 N–H and O–H groups in total. The van der Waals surface area contributed by atoms with Gasteiger partial charge in [-0.25, -0.2) is 0 Å². The molecule has 4 nitrogen and oxygen atoms in total. The van der Waals surface area contributed by atoms with Crippen LogP contribution in [0.2, 0.25) is 0 Å². The smallest absolute Gasteiger partial charge is 0.306 e. The second kappa shape index (κ2) is 6.25. The lowest BCUT2D eigenvalue weighted by atomic mass is 10.2. The van der Waals surface area contributed by atoms with Gasteiger partial charge in [0.1, 0.15) is 0 Å². The molecule has 0 aliphatic rings. The summed E-state index contributed by atoms with van der Waals surface area (Å²) >= 11 is 0. The summed E-state index contributed by atoms with van der Waals surface area (Å²) in [5, 5.41) is 18.0. The number of carboxylic acid groups (broad SMARTS) is 1. The number of carboxylic acids is 1. The number of nitrogens with zero attached hydrogens (tertiary/aromatic N) is 1. The van der Waals surface area contributed by atoms with Crippen LogP contribution in [-0.2, 0) is 11.3 Å². The van der Waals surface area contributed by atoms with Gasteiger partial charge >= 0.3 is 5.97 Å². The van der Waals surface area contributed by atoms with Crippen molar-refractivity contribution in [3.8, 4) is 0 Å². The Morgan fingerprint density at radius 3 is 2.56 bits per heavy atom. The summed E-state index contributed by atoms with van der Waals surface area (Å²) in [7, 11) is 1.86. The van der Waals surface area contributed by atoms with E-state index in [-0.39, 0.29) is 6.42 Å². The maximum absolute atomic E-state index is 10.4. The number of aliphatic hydroxyl groups is 1. The molecule has 1 aromatic rings. The Morgan fingerprint density at radius 2 is 2.00 bits per heavy atom. The first-order valence-electron chi connectivity index (χ1n) is 5.20. The number of likely N-dealkylation sites (N-methyl/N-ethyl adjacent to an activating group) is 1. The molecule has 1 atom stereocenters. The van der Waals surface area contributed by atoms with E-state index in [0.29, 0.717) is 13.1 Å². The fourth-order valence-electron chi connectivity index (χ4n) is 1.59. The Hall–Kier alpha value is -1.39. The van der Waals surface area contributed by atoms with Crippen LogP contribution in [0.15, 0.2) is 30.3 Å². The molecule has 0 spiro atoms. The van der Waals surface area contributed by atoms with Crippen LogP contribution in [-0.4, -0.2) is 40.8 Å². The quantitative estimate of drug-likeness (QED) is 0.754. The van der Waals surface area contributed by atoms with Gasteiger partial charge in [-0.2, -0.15) is 0 Å². The second-order valence-corrected chi connectivity index (χ2v) is 3.93. The average Bonchev–Trinajstić information content (AvgIpc) is 2.17. The first kappa shape index (κ1) is 12.7. The molecule has 1 aromatic carbocycles. The maximum atomic E-state index is 10.4. The third kappa shape index (κ3) is 4.91. The zero-order valence-electron chi connectivity index (χ0n) is 9.34. The van der Waals surface area contributed by atoms with Crippen molar-refractivity contribution in [2.45, 2.75) is 19.1 Å². The van der Waals surface area contributed by atoms with Crippen molar-refractivity contribution in [2.24, 2.45) is 0 Å². The van der Waals surface area contributed by atoms with E-state index in [0.717, 1.165) is 5.56 Å². The minimum Gasteiger partial charge on any atom is -0.481 e. The van der Waals surface area contributed by atoms with Crippen LogP contribution >= 0.6 is 0 Å². The Balaban J connectivity index is 2.36. The van der Waals surface area contributed by atoms with Crippen molar-refractivity contribution in [1.82, 2.24) is 4.90 Å². The highest BCUT2D eigenvalue weighted by atomic mass is 16.4. The highest BCUT2D eigenvalue weighted by molar-refractivity contribution is 5.67. The second-order valence-electron chi connectivity index (χ2n) is 3.93. The van der Waals surface area contributed by atoms with Crippen molar-refractivity contribution in [3.05, 3.63) is 35.9 Å². The third-order valence-electron chi connectivity index (χ3n) is 2.23. The molecule has 0 saturated heterocycles. The van der Waals surface area contributed by atoms with Gasteiger partial charge in [0, 0.05) is 13.1 Å². The van der Waals surface area contributed by atoms with Crippen LogP contribution in [0.25, 0.3) is 0 Å². The molecule has 4 heteroatoms. The normalized spacial score (nSPS) is 12.7. The van der Waals surface area contributed by atoms with Crippen molar-refractivity contribution in [1.29, 1.82) is 0 Å². The molecule has 0 heterocycles. The summed E-state index contributed by atoms with van der Waals surface area (Å²) in [5.41, 5.74) is 1.15. The minimum absolute atomic E-state index is 0.209. The van der Waals surface area contributed by atoms with E-state index in [9.17, 15) is 9.90 Å². The van der Waals surface area contributed by atoms with E-state index in [1.165, 1.54) is 0 Å². The fraction of sp³-hybridized carbons (Fsp3) is 0.417. The van der Waals surface area contributed by atoms with E-state index in [4.69, 9.17) is 5.11 Å². The molecule has 0 bridgehead atoms. The number of benzene rings is 1. The van der Waals surface area contributed by atoms with Gasteiger partial charge in [-0.3, -0.25) is 9.69 Å². The number of hydrogen-bond acceptors (Lipinski definition) is 3. The van der Waals surface area contributed by atoms with E-state index < -0.39 is 12.1 Å². The summed E-state index contributed by atoms with van der Waals surface area (Å²) in [4.78, 5) is 12.3. The van der Waals surface area contributed by atoms with Gasteiger partial charge in [-0.1, -0.05) is 30.3 Å². The van der Waals surface area contributed by atoms with E-state index in [1.807, 2.05) is 42.3 Å². The molecule has 0 saturated carbocycles. The van der Waals surface area contributed by atoms with Crippen LogP contribution in [0.3, 0.4) is 0 Å². The van der Waals surface area contributed by atoms with E-state index in [2.05, 4.69) is 0 Å². The summed E-state index contributed by atoms with van der Waals surface area (Å²) in [6, 6.07) is 9.86. The Labute approximate surface area is 95.1 Å². The average molecular weight is 223 g/mol. The van der Waals surface area contributed by atoms with Gasteiger partial charge in [0.2, 0.25) is 0 Å². The SMILES string of the molecule is CN(Cc1ccccc1)C[C@@H](O)CC(=O)O. The lowest BCUT2D eigenvalue weighted by Gasteiger charge is -2.19. The summed E-state index contributed by atoms with van der Waals surface area (Å²) < 4.78 is 0. The van der Waals surface area contributed by atoms with Crippen LogP contribution < -0.4 is 0 Å². The standard InChI is InChI=1S/C12H17NO3/c1-13(9-11(14)7-12(15)16)8-10-5-3-2-4-6-10/h2-6,11,14H,7-9H2,1H3,(H,15,16)/t11-/m0/s1. The van der Waals surface area contributed by atoms with Gasteiger partial charge in [-0.05, 0) is 12.6 Å². The summed E-state index contributed by atoms with van der Waals surface area (Å²) in [5.74, 6) is -0.972. The van der Waals surface area contributed by atoms with Gasteiger partial charge in [-0.15, -0.1) is 0 Å². The van der Waals surface area contributed by atoms with Gasteiger partial charge < -0.3 is 10.2 Å². The van der Waals surface area contributed by atoms with Crippen molar-refractivity contribution >= 4 is 5.97 Å². The van der Waals surface area contributed by atoms with Crippen LogP contribution in [0, 0.1) is 0 Å². The monoisotopic (exact) mass is 223 g/mol.